The Bertz CT molecular complexity index is 1700. The zero-order valence-corrected chi connectivity index (χ0v) is 24.0. The average molecular weight is 583 g/mol. The molecule has 8 nitrogen and oxygen atoms in total. The highest BCUT2D eigenvalue weighted by Gasteiger charge is 2.40. The quantitative estimate of drug-likeness (QED) is 0.291. The van der Waals surface area contributed by atoms with Crippen LogP contribution in [0, 0.1) is 11.6 Å². The average Bonchev–Trinajstić information content (AvgIpc) is 3.32. The van der Waals surface area contributed by atoms with Crippen molar-refractivity contribution in [3.8, 4) is 11.3 Å². The van der Waals surface area contributed by atoms with Gasteiger partial charge in [-0.25, -0.2) is 23.5 Å². The fraction of sp³-hybridized carbons (Fsp3) is 0.333. The largest absolute Gasteiger partial charge is 0.477 e. The van der Waals surface area contributed by atoms with Crippen LogP contribution in [0.15, 0.2) is 46.9 Å². The smallest absolute Gasteiger partial charge is 0.354 e. The summed E-state index contributed by atoms with van der Waals surface area (Å²) in [6.45, 7) is 10.4. The van der Waals surface area contributed by atoms with Crippen LogP contribution < -0.4 is 4.90 Å². The molecule has 0 radical (unpaired) electrons. The summed E-state index contributed by atoms with van der Waals surface area (Å²) in [5.41, 5.74) is 1.35. The molecule has 0 atom stereocenters. The first-order valence-corrected chi connectivity index (χ1v) is 13.4. The molecule has 3 aromatic heterocycles. The standard InChI is InChI=1S/C30H29ClF2N4O4/c1-29(2,3)17-13-22(16-6-7-18(31)20(33)12-16)34-23-14-24(41-25(17)23)27(38)37-11-10-36(15-30(37,4)5)26-19(32)8-9-21(35-26)28(39)40/h6-9,12-14H,10-11,15H2,1-5H3,(H,39,40). The van der Waals surface area contributed by atoms with Gasteiger partial charge in [0.1, 0.15) is 11.3 Å². The van der Waals surface area contributed by atoms with Gasteiger partial charge in [-0.2, -0.15) is 0 Å². The molecule has 0 unspecified atom stereocenters. The number of amides is 1. The number of aromatic nitrogens is 2. The Morgan fingerprint density at radius 2 is 1.76 bits per heavy atom. The molecule has 11 heteroatoms. The first-order chi connectivity index (χ1) is 19.2. The summed E-state index contributed by atoms with van der Waals surface area (Å²) in [7, 11) is 0. The van der Waals surface area contributed by atoms with Gasteiger partial charge in [-0.05, 0) is 49.6 Å². The van der Waals surface area contributed by atoms with Gasteiger partial charge in [0, 0.05) is 36.8 Å². The van der Waals surface area contributed by atoms with Gasteiger partial charge in [-0.3, -0.25) is 4.79 Å². The number of furan rings is 1. The predicted molar refractivity (Wildman–Crippen MR) is 152 cm³/mol. The number of fused-ring (bicyclic) bond motifs is 1. The van der Waals surface area contributed by atoms with E-state index in [1.807, 2.05) is 40.7 Å². The van der Waals surface area contributed by atoms with Crippen molar-refractivity contribution in [2.75, 3.05) is 24.5 Å². The molecule has 1 fully saturated rings. The zero-order chi connectivity index (χ0) is 29.9. The fourth-order valence-electron chi connectivity index (χ4n) is 5.10. The monoisotopic (exact) mass is 582 g/mol. The molecule has 1 aromatic carbocycles. The highest BCUT2D eigenvalue weighted by atomic mass is 35.5. The van der Waals surface area contributed by atoms with Crippen molar-refractivity contribution in [2.45, 2.75) is 45.6 Å². The molecule has 1 aliphatic heterocycles. The minimum atomic E-state index is -1.25. The minimum absolute atomic E-state index is 0.0119. The number of hydrogen-bond acceptors (Lipinski definition) is 6. The van der Waals surface area contributed by atoms with Crippen molar-refractivity contribution < 1.29 is 27.9 Å². The Kier molecular flexibility index (Phi) is 7.01. The lowest BCUT2D eigenvalue weighted by molar-refractivity contribution is 0.0483. The van der Waals surface area contributed by atoms with Gasteiger partial charge in [0.05, 0.1) is 16.3 Å². The molecule has 4 heterocycles. The number of piperazine rings is 1. The summed E-state index contributed by atoms with van der Waals surface area (Å²) in [6.07, 6.45) is 0. The van der Waals surface area contributed by atoms with Gasteiger partial charge in [0.15, 0.2) is 28.7 Å². The SMILES string of the molecule is CC(C)(C)c1cc(-c2ccc(Cl)c(F)c2)nc2cc(C(=O)N3CCN(c4nc(C(=O)O)ccc4F)CC3(C)C)oc12. The third-order valence-corrected chi connectivity index (χ3v) is 7.51. The number of aromatic carboxylic acids is 1. The zero-order valence-electron chi connectivity index (χ0n) is 23.3. The number of pyridine rings is 2. The molecular weight excluding hydrogens is 554 g/mol. The van der Waals surface area contributed by atoms with Crippen molar-refractivity contribution in [3.63, 3.8) is 0 Å². The Morgan fingerprint density at radius 3 is 2.39 bits per heavy atom. The second-order valence-corrected chi connectivity index (χ2v) is 12.2. The molecule has 1 aliphatic rings. The number of halogens is 3. The van der Waals surface area contributed by atoms with E-state index in [2.05, 4.69) is 9.97 Å². The van der Waals surface area contributed by atoms with E-state index in [9.17, 15) is 23.5 Å². The lowest BCUT2D eigenvalue weighted by Gasteiger charge is -2.47. The maximum absolute atomic E-state index is 14.6. The Balaban J connectivity index is 1.48. The maximum atomic E-state index is 14.6. The summed E-state index contributed by atoms with van der Waals surface area (Å²) < 4.78 is 35.0. The molecule has 4 aromatic rings. The molecule has 1 amide bonds. The molecular formula is C30H29ClF2N4O4. The molecule has 0 bridgehead atoms. The summed E-state index contributed by atoms with van der Waals surface area (Å²) in [5.74, 6) is -2.79. The number of carbonyl (C=O) groups is 2. The van der Waals surface area contributed by atoms with E-state index in [1.165, 1.54) is 12.1 Å². The molecule has 0 aliphatic carbocycles. The van der Waals surface area contributed by atoms with Crippen LogP contribution in [0.2, 0.25) is 5.02 Å². The van der Waals surface area contributed by atoms with Gasteiger partial charge in [0.25, 0.3) is 5.91 Å². The van der Waals surface area contributed by atoms with Crippen LogP contribution in [0.3, 0.4) is 0 Å². The van der Waals surface area contributed by atoms with E-state index in [4.69, 9.17) is 16.0 Å². The number of rotatable bonds is 4. The van der Waals surface area contributed by atoms with Gasteiger partial charge in [-0.15, -0.1) is 0 Å². The van der Waals surface area contributed by atoms with Crippen molar-refractivity contribution in [3.05, 3.63) is 76.1 Å². The Morgan fingerprint density at radius 1 is 1.02 bits per heavy atom. The molecule has 1 N–H and O–H groups in total. The summed E-state index contributed by atoms with van der Waals surface area (Å²) >= 11 is 5.87. The van der Waals surface area contributed by atoms with Crippen LogP contribution in [0.25, 0.3) is 22.4 Å². The van der Waals surface area contributed by atoms with Crippen LogP contribution in [-0.2, 0) is 5.41 Å². The minimum Gasteiger partial charge on any atom is -0.477 e. The molecule has 0 saturated carbocycles. The molecule has 0 spiro atoms. The van der Waals surface area contributed by atoms with Gasteiger partial charge < -0.3 is 19.3 Å². The first kappa shape index (κ1) is 28.5. The molecule has 5 rings (SSSR count). The second-order valence-electron chi connectivity index (χ2n) is 11.8. The fourth-order valence-corrected chi connectivity index (χ4v) is 5.22. The lowest BCUT2D eigenvalue weighted by atomic mass is 9.86. The molecule has 214 valence electrons. The number of carboxylic acids is 1. The predicted octanol–water partition coefficient (Wildman–Crippen LogP) is 6.56. The number of anilines is 1. The lowest BCUT2D eigenvalue weighted by Crippen LogP contribution is -2.61. The maximum Gasteiger partial charge on any atom is 0.354 e. The van der Waals surface area contributed by atoms with E-state index in [0.29, 0.717) is 22.4 Å². The second kappa shape index (κ2) is 10.1. The van der Waals surface area contributed by atoms with E-state index in [-0.39, 0.29) is 53.3 Å². The Hall–Kier alpha value is -4.05. The highest BCUT2D eigenvalue weighted by Crippen LogP contribution is 2.36. The van der Waals surface area contributed by atoms with Gasteiger partial charge in [-0.1, -0.05) is 38.4 Å². The third-order valence-electron chi connectivity index (χ3n) is 7.21. The van der Waals surface area contributed by atoms with Crippen molar-refractivity contribution in [2.24, 2.45) is 0 Å². The van der Waals surface area contributed by atoms with E-state index >= 15 is 0 Å². The van der Waals surface area contributed by atoms with E-state index in [0.717, 1.165) is 17.7 Å². The summed E-state index contributed by atoms with van der Waals surface area (Å²) in [5, 5.41) is 9.29. The number of carbonyl (C=O) groups excluding carboxylic acids is 1. The third kappa shape index (κ3) is 5.36. The van der Waals surface area contributed by atoms with Gasteiger partial charge >= 0.3 is 5.97 Å². The van der Waals surface area contributed by atoms with E-state index < -0.39 is 23.1 Å². The van der Waals surface area contributed by atoms with Crippen LogP contribution in [0.1, 0.15) is 61.2 Å². The summed E-state index contributed by atoms with van der Waals surface area (Å²) in [6, 6.07) is 10.1. The Labute approximate surface area is 240 Å². The summed E-state index contributed by atoms with van der Waals surface area (Å²) in [4.78, 5) is 37.1. The van der Waals surface area contributed by atoms with Crippen LogP contribution in [-0.4, -0.2) is 57.0 Å². The number of carboxylic acid groups (broad SMARTS) is 1. The van der Waals surface area contributed by atoms with Crippen LogP contribution in [0.4, 0.5) is 14.6 Å². The van der Waals surface area contributed by atoms with Crippen molar-refractivity contribution in [1.82, 2.24) is 14.9 Å². The van der Waals surface area contributed by atoms with Crippen LogP contribution >= 0.6 is 11.6 Å². The normalized spacial score (nSPS) is 15.4. The molecule has 41 heavy (non-hydrogen) atoms. The number of hydrogen-bond donors (Lipinski definition) is 1. The van der Waals surface area contributed by atoms with Gasteiger partial charge in [0.2, 0.25) is 0 Å². The number of benzene rings is 1. The topological polar surface area (TPSA) is 99.8 Å². The van der Waals surface area contributed by atoms with Crippen LogP contribution in [0.5, 0.6) is 0 Å². The highest BCUT2D eigenvalue weighted by molar-refractivity contribution is 6.30. The van der Waals surface area contributed by atoms with Crippen molar-refractivity contribution in [1.29, 1.82) is 0 Å². The van der Waals surface area contributed by atoms with Crippen molar-refractivity contribution >= 4 is 40.4 Å². The van der Waals surface area contributed by atoms with E-state index in [1.54, 1.807) is 21.9 Å². The number of nitrogens with zero attached hydrogens (tertiary/aromatic N) is 4. The first-order valence-electron chi connectivity index (χ1n) is 13.0. The molecule has 1 saturated heterocycles.